The Labute approximate surface area is 126 Å². The van der Waals surface area contributed by atoms with Gasteiger partial charge < -0.3 is 16.4 Å². The van der Waals surface area contributed by atoms with Gasteiger partial charge in [-0.2, -0.15) is 0 Å². The fourth-order valence-electron chi connectivity index (χ4n) is 1.97. The quantitative estimate of drug-likeness (QED) is 0.412. The van der Waals surface area contributed by atoms with Crippen LogP contribution in [0.15, 0.2) is 12.7 Å². The topological polar surface area (TPSA) is 101 Å². The van der Waals surface area contributed by atoms with Gasteiger partial charge in [-0.3, -0.25) is 14.4 Å². The highest BCUT2D eigenvalue weighted by Gasteiger charge is 2.25. The molecule has 6 heteroatoms. The first-order valence-electron chi connectivity index (χ1n) is 7.25. The van der Waals surface area contributed by atoms with Gasteiger partial charge in [-0.15, -0.1) is 6.58 Å². The van der Waals surface area contributed by atoms with E-state index in [9.17, 15) is 14.4 Å². The largest absolute Gasteiger partial charge is 0.368 e. The van der Waals surface area contributed by atoms with Crippen molar-refractivity contribution in [3.8, 4) is 0 Å². The highest BCUT2D eigenvalue weighted by molar-refractivity contribution is 5.91. The van der Waals surface area contributed by atoms with Gasteiger partial charge in [0.05, 0.1) is 0 Å². The second-order valence-corrected chi connectivity index (χ2v) is 5.57. The summed E-state index contributed by atoms with van der Waals surface area (Å²) in [6.07, 6.45) is 4.18. The van der Waals surface area contributed by atoms with Gasteiger partial charge in [0, 0.05) is 6.92 Å². The summed E-state index contributed by atoms with van der Waals surface area (Å²) in [4.78, 5) is 34.8. The van der Waals surface area contributed by atoms with Gasteiger partial charge in [0.1, 0.15) is 12.1 Å². The summed E-state index contributed by atoms with van der Waals surface area (Å²) in [5.41, 5.74) is 5.30. The summed E-state index contributed by atoms with van der Waals surface area (Å²) < 4.78 is 0. The van der Waals surface area contributed by atoms with E-state index in [1.807, 2.05) is 13.8 Å². The minimum atomic E-state index is -0.721. The van der Waals surface area contributed by atoms with Crippen molar-refractivity contribution in [3.05, 3.63) is 12.7 Å². The maximum atomic E-state index is 12.2. The molecule has 0 aliphatic carbocycles. The molecule has 0 saturated carbocycles. The van der Waals surface area contributed by atoms with Crippen LogP contribution in [0.5, 0.6) is 0 Å². The predicted octanol–water partition coefficient (Wildman–Crippen LogP) is 0.864. The third-order valence-corrected chi connectivity index (χ3v) is 2.96. The zero-order valence-corrected chi connectivity index (χ0v) is 13.1. The first-order valence-corrected chi connectivity index (χ1v) is 7.25. The van der Waals surface area contributed by atoms with Crippen LogP contribution in [0, 0.1) is 5.92 Å². The zero-order chi connectivity index (χ0) is 16.4. The van der Waals surface area contributed by atoms with Crippen molar-refractivity contribution < 1.29 is 14.4 Å². The van der Waals surface area contributed by atoms with Gasteiger partial charge in [-0.25, -0.2) is 0 Å². The third kappa shape index (κ3) is 8.83. The van der Waals surface area contributed by atoms with Gasteiger partial charge in [-0.05, 0) is 31.6 Å². The lowest BCUT2D eigenvalue weighted by Gasteiger charge is -2.22. The molecule has 21 heavy (non-hydrogen) atoms. The van der Waals surface area contributed by atoms with Crippen LogP contribution < -0.4 is 16.4 Å². The monoisotopic (exact) mass is 297 g/mol. The van der Waals surface area contributed by atoms with E-state index in [4.69, 9.17) is 5.73 Å². The van der Waals surface area contributed by atoms with E-state index in [2.05, 4.69) is 17.2 Å². The Balaban J connectivity index is 4.68. The second kappa shape index (κ2) is 9.96. The molecule has 0 aromatic heterocycles. The van der Waals surface area contributed by atoms with Crippen LogP contribution in [-0.4, -0.2) is 29.8 Å². The Bertz CT molecular complexity index is 380. The fourth-order valence-corrected chi connectivity index (χ4v) is 1.97. The van der Waals surface area contributed by atoms with Crippen molar-refractivity contribution in [1.29, 1.82) is 0 Å². The van der Waals surface area contributed by atoms with Crippen molar-refractivity contribution in [2.75, 3.05) is 0 Å². The number of nitrogens with two attached hydrogens (primary N) is 1. The molecule has 0 spiro atoms. The minimum Gasteiger partial charge on any atom is -0.368 e. The first-order chi connectivity index (χ1) is 9.77. The second-order valence-electron chi connectivity index (χ2n) is 5.57. The van der Waals surface area contributed by atoms with Gasteiger partial charge in [0.2, 0.25) is 17.7 Å². The van der Waals surface area contributed by atoms with Crippen molar-refractivity contribution in [3.63, 3.8) is 0 Å². The van der Waals surface area contributed by atoms with Gasteiger partial charge in [0.15, 0.2) is 0 Å². The van der Waals surface area contributed by atoms with Crippen LogP contribution in [0.2, 0.25) is 0 Å². The fraction of sp³-hybridized carbons (Fsp3) is 0.667. The summed E-state index contributed by atoms with van der Waals surface area (Å²) in [6.45, 7) is 8.88. The predicted molar refractivity (Wildman–Crippen MR) is 82.2 cm³/mol. The number of amides is 3. The molecule has 0 rings (SSSR count). The van der Waals surface area contributed by atoms with E-state index in [1.54, 1.807) is 6.08 Å². The molecule has 0 radical (unpaired) electrons. The van der Waals surface area contributed by atoms with Gasteiger partial charge in [0.25, 0.3) is 0 Å². The number of hydrogen-bond acceptors (Lipinski definition) is 3. The summed E-state index contributed by atoms with van der Waals surface area (Å²) in [7, 11) is 0. The number of carbonyl (C=O) groups excluding carboxylic acids is 3. The molecule has 0 saturated heterocycles. The number of hydrogen-bond donors (Lipinski definition) is 3. The highest BCUT2D eigenvalue weighted by Crippen LogP contribution is 2.07. The smallest absolute Gasteiger partial charge is 0.243 e. The number of primary amides is 1. The molecule has 0 heterocycles. The molecule has 0 bridgehead atoms. The van der Waals surface area contributed by atoms with E-state index < -0.39 is 18.0 Å². The van der Waals surface area contributed by atoms with Crippen LogP contribution >= 0.6 is 0 Å². The normalized spacial score (nSPS) is 13.3. The molecule has 3 amide bonds. The number of unbranched alkanes of at least 4 members (excludes halogenated alkanes) is 1. The molecule has 0 aliphatic heterocycles. The average molecular weight is 297 g/mol. The average Bonchev–Trinajstić information content (AvgIpc) is 2.35. The molecule has 0 unspecified atom stereocenters. The van der Waals surface area contributed by atoms with Gasteiger partial charge in [-0.1, -0.05) is 19.9 Å². The van der Waals surface area contributed by atoms with Crippen molar-refractivity contribution in [2.45, 2.75) is 58.5 Å². The van der Waals surface area contributed by atoms with E-state index in [1.165, 1.54) is 6.92 Å². The lowest BCUT2D eigenvalue weighted by molar-refractivity contribution is -0.131. The van der Waals surface area contributed by atoms with Crippen LogP contribution in [0.3, 0.4) is 0 Å². The number of rotatable bonds is 10. The lowest BCUT2D eigenvalue weighted by Crippen LogP contribution is -2.53. The first kappa shape index (κ1) is 19.1. The van der Waals surface area contributed by atoms with Crippen LogP contribution in [0.1, 0.15) is 46.5 Å². The third-order valence-electron chi connectivity index (χ3n) is 2.96. The molecule has 120 valence electrons. The van der Waals surface area contributed by atoms with Crippen LogP contribution in [-0.2, 0) is 14.4 Å². The minimum absolute atomic E-state index is 0.236. The van der Waals surface area contributed by atoms with Crippen LogP contribution in [0.25, 0.3) is 0 Å². The lowest BCUT2D eigenvalue weighted by atomic mass is 10.0. The summed E-state index contributed by atoms with van der Waals surface area (Å²) in [5, 5.41) is 5.23. The molecule has 6 nitrogen and oxygen atoms in total. The Morgan fingerprint density at radius 3 is 2.24 bits per heavy atom. The molecule has 2 atom stereocenters. The maximum absolute atomic E-state index is 12.2. The van der Waals surface area contributed by atoms with E-state index in [0.29, 0.717) is 19.3 Å². The summed E-state index contributed by atoms with van der Waals surface area (Å²) in [5.74, 6) is -0.988. The standard InChI is InChI=1S/C15H27N3O3/c1-5-6-7-8-12(14(16)20)18-15(21)13(9-10(2)3)17-11(4)19/h5,10,12-13H,1,6-9H2,2-4H3,(H2,16,20)(H,17,19)(H,18,21)/t12-,13+/m1/s1. The number of allylic oxidation sites excluding steroid dienone is 1. The van der Waals surface area contributed by atoms with E-state index in [-0.39, 0.29) is 17.7 Å². The molecule has 0 aromatic rings. The van der Waals surface area contributed by atoms with Gasteiger partial charge >= 0.3 is 0 Å². The molecule has 0 aromatic carbocycles. The van der Waals surface area contributed by atoms with Crippen LogP contribution in [0.4, 0.5) is 0 Å². The maximum Gasteiger partial charge on any atom is 0.243 e. The molecule has 0 fully saturated rings. The summed E-state index contributed by atoms with van der Waals surface area (Å²) >= 11 is 0. The van der Waals surface area contributed by atoms with Crippen molar-refractivity contribution in [1.82, 2.24) is 10.6 Å². The van der Waals surface area contributed by atoms with E-state index >= 15 is 0 Å². The zero-order valence-electron chi connectivity index (χ0n) is 13.1. The Morgan fingerprint density at radius 1 is 1.19 bits per heavy atom. The number of carbonyl (C=O) groups is 3. The Morgan fingerprint density at radius 2 is 1.81 bits per heavy atom. The number of nitrogens with one attached hydrogen (secondary N) is 2. The molecule has 0 aliphatic rings. The summed E-state index contributed by atoms with van der Waals surface area (Å²) in [6, 6.07) is -1.37. The molecule has 4 N–H and O–H groups in total. The Kier molecular flexibility index (Phi) is 9.08. The molecular weight excluding hydrogens is 270 g/mol. The van der Waals surface area contributed by atoms with Crippen molar-refractivity contribution >= 4 is 17.7 Å². The highest BCUT2D eigenvalue weighted by atomic mass is 16.2. The van der Waals surface area contributed by atoms with Crippen molar-refractivity contribution in [2.24, 2.45) is 11.7 Å². The Hall–Kier alpha value is -1.85. The SMILES string of the molecule is C=CCCC[C@@H](NC(=O)[C@H](CC(C)C)NC(C)=O)C(N)=O. The molecular formula is C15H27N3O3. The van der Waals surface area contributed by atoms with E-state index in [0.717, 1.165) is 6.42 Å².